The van der Waals surface area contributed by atoms with E-state index in [1.54, 1.807) is 28.6 Å². The number of aliphatic hydroxyl groups excluding tert-OH is 1. The Morgan fingerprint density at radius 2 is 1.65 bits per heavy atom. The zero-order chi connectivity index (χ0) is 14.6. The van der Waals surface area contributed by atoms with E-state index in [1.165, 1.54) is 0 Å². The first-order valence-corrected chi connectivity index (χ1v) is 9.46. The van der Waals surface area contributed by atoms with E-state index in [9.17, 15) is 13.5 Å². The first kappa shape index (κ1) is 15.9. The summed E-state index contributed by atoms with van der Waals surface area (Å²) < 4.78 is 26.7. The fraction of sp³-hybridized carbons (Fsp3) is 0.571. The van der Waals surface area contributed by atoms with Gasteiger partial charge in [-0.3, -0.25) is 0 Å². The van der Waals surface area contributed by atoms with Gasteiger partial charge in [-0.05, 0) is 30.5 Å². The van der Waals surface area contributed by atoms with Crippen molar-refractivity contribution in [1.82, 2.24) is 4.31 Å². The number of alkyl halides is 1. The highest BCUT2D eigenvalue weighted by Crippen LogP contribution is 2.22. The Morgan fingerprint density at radius 1 is 1.10 bits per heavy atom. The van der Waals surface area contributed by atoms with Crippen molar-refractivity contribution < 1.29 is 13.5 Å². The van der Waals surface area contributed by atoms with Crippen LogP contribution in [0.5, 0.6) is 0 Å². The smallest absolute Gasteiger partial charge is 0.243 e. The van der Waals surface area contributed by atoms with Gasteiger partial charge in [0, 0.05) is 18.4 Å². The van der Waals surface area contributed by atoms with Crippen molar-refractivity contribution in [3.8, 4) is 0 Å². The molecule has 0 aliphatic carbocycles. The van der Waals surface area contributed by atoms with Crippen molar-refractivity contribution in [1.29, 1.82) is 0 Å². The molecule has 4 nitrogen and oxygen atoms in total. The molecule has 0 aromatic heterocycles. The Morgan fingerprint density at radius 3 is 2.15 bits per heavy atom. The lowest BCUT2D eigenvalue weighted by Crippen LogP contribution is -2.31. The van der Waals surface area contributed by atoms with Gasteiger partial charge < -0.3 is 5.11 Å². The molecule has 1 saturated heterocycles. The number of sulfonamides is 1. The van der Waals surface area contributed by atoms with Gasteiger partial charge in [0.2, 0.25) is 10.0 Å². The minimum atomic E-state index is -3.39. The predicted molar refractivity (Wildman–Crippen MR) is 82.4 cm³/mol. The van der Waals surface area contributed by atoms with Crippen LogP contribution in [0, 0.1) is 0 Å². The first-order valence-electron chi connectivity index (χ1n) is 6.90. The average molecular weight is 362 g/mol. The Hall–Kier alpha value is -0.430. The maximum absolute atomic E-state index is 12.5. The van der Waals surface area contributed by atoms with Crippen molar-refractivity contribution in [2.24, 2.45) is 0 Å². The number of halogens is 1. The molecule has 1 aliphatic heterocycles. The van der Waals surface area contributed by atoms with Crippen LogP contribution in [0.15, 0.2) is 29.2 Å². The maximum Gasteiger partial charge on any atom is 0.243 e. The molecule has 0 radical (unpaired) electrons. The van der Waals surface area contributed by atoms with E-state index in [1.807, 2.05) is 0 Å². The van der Waals surface area contributed by atoms with Crippen molar-refractivity contribution in [2.75, 3.05) is 18.4 Å². The van der Waals surface area contributed by atoms with Gasteiger partial charge in [-0.1, -0.05) is 40.9 Å². The summed E-state index contributed by atoms with van der Waals surface area (Å²) >= 11 is 3.20. The monoisotopic (exact) mass is 361 g/mol. The van der Waals surface area contributed by atoms with Crippen LogP contribution in [-0.2, 0) is 10.0 Å². The molecule has 1 heterocycles. The molecule has 0 amide bonds. The summed E-state index contributed by atoms with van der Waals surface area (Å²) in [5.41, 5.74) is 0.719. The van der Waals surface area contributed by atoms with E-state index in [2.05, 4.69) is 15.9 Å². The highest BCUT2D eigenvalue weighted by Gasteiger charge is 2.25. The Balaban J connectivity index is 2.20. The Bertz CT molecular complexity index is 522. The SMILES string of the molecule is O=S(=O)(c1ccc([C@@H](O)CBr)cc1)N1CCCCCC1. The number of benzene rings is 1. The molecular formula is C14H20BrNO3S. The average Bonchev–Trinajstić information content (AvgIpc) is 2.76. The number of aliphatic hydroxyl groups is 1. The van der Waals surface area contributed by atoms with Crippen LogP contribution in [0.25, 0.3) is 0 Å². The molecule has 112 valence electrons. The fourth-order valence-electron chi connectivity index (χ4n) is 2.38. The van der Waals surface area contributed by atoms with E-state index in [4.69, 9.17) is 0 Å². The van der Waals surface area contributed by atoms with Crippen LogP contribution in [0.3, 0.4) is 0 Å². The normalized spacial score (nSPS) is 19.5. The van der Waals surface area contributed by atoms with Crippen LogP contribution in [-0.4, -0.2) is 36.2 Å². The molecule has 1 aromatic carbocycles. The standard InChI is InChI=1S/C14H20BrNO3S/c15-11-14(17)12-5-7-13(8-6-12)20(18,19)16-9-3-1-2-4-10-16/h5-8,14,17H,1-4,9-11H2/t14-/m0/s1. The van der Waals surface area contributed by atoms with Crippen LogP contribution in [0.2, 0.25) is 0 Å². The molecule has 0 unspecified atom stereocenters. The van der Waals surface area contributed by atoms with Gasteiger partial charge in [0.15, 0.2) is 0 Å². The quantitative estimate of drug-likeness (QED) is 0.838. The lowest BCUT2D eigenvalue weighted by molar-refractivity contribution is 0.205. The minimum Gasteiger partial charge on any atom is -0.388 e. The second kappa shape index (κ2) is 7.02. The Labute approximate surface area is 129 Å². The Kier molecular flexibility index (Phi) is 5.60. The molecule has 0 spiro atoms. The number of rotatable bonds is 4. The van der Waals surface area contributed by atoms with Crippen molar-refractivity contribution in [2.45, 2.75) is 36.7 Å². The third-order valence-electron chi connectivity index (χ3n) is 3.61. The lowest BCUT2D eigenvalue weighted by Gasteiger charge is -2.20. The van der Waals surface area contributed by atoms with Crippen LogP contribution >= 0.6 is 15.9 Å². The summed E-state index contributed by atoms with van der Waals surface area (Å²) in [6, 6.07) is 6.52. The van der Waals surface area contributed by atoms with Crippen LogP contribution in [0.1, 0.15) is 37.4 Å². The van der Waals surface area contributed by atoms with E-state index >= 15 is 0 Å². The van der Waals surface area contributed by atoms with Crippen molar-refractivity contribution in [3.63, 3.8) is 0 Å². The highest BCUT2D eigenvalue weighted by molar-refractivity contribution is 9.09. The number of nitrogens with zero attached hydrogens (tertiary/aromatic N) is 1. The summed E-state index contributed by atoms with van der Waals surface area (Å²) in [6.45, 7) is 1.21. The fourth-order valence-corrected chi connectivity index (χ4v) is 4.27. The molecule has 1 aromatic rings. The molecule has 1 N–H and O–H groups in total. The maximum atomic E-state index is 12.5. The van der Waals surface area contributed by atoms with Crippen molar-refractivity contribution in [3.05, 3.63) is 29.8 Å². The molecule has 2 rings (SSSR count). The minimum absolute atomic E-state index is 0.310. The molecule has 1 aliphatic rings. The van der Waals surface area contributed by atoms with Crippen LogP contribution < -0.4 is 0 Å². The van der Waals surface area contributed by atoms with E-state index < -0.39 is 16.1 Å². The summed E-state index contributed by atoms with van der Waals surface area (Å²) in [5.74, 6) is 0. The molecule has 6 heteroatoms. The zero-order valence-electron chi connectivity index (χ0n) is 11.3. The third kappa shape index (κ3) is 3.61. The van der Waals surface area contributed by atoms with Gasteiger partial charge in [0.25, 0.3) is 0 Å². The first-order chi connectivity index (χ1) is 9.55. The largest absolute Gasteiger partial charge is 0.388 e. The zero-order valence-corrected chi connectivity index (χ0v) is 13.7. The van der Waals surface area contributed by atoms with Gasteiger partial charge in [-0.25, -0.2) is 8.42 Å². The third-order valence-corrected chi connectivity index (χ3v) is 6.14. The van der Waals surface area contributed by atoms with E-state index in [-0.39, 0.29) is 0 Å². The summed E-state index contributed by atoms with van der Waals surface area (Å²) in [6.07, 6.45) is 3.45. The molecule has 20 heavy (non-hydrogen) atoms. The van der Waals surface area contributed by atoms with Gasteiger partial charge in [-0.2, -0.15) is 4.31 Å². The summed E-state index contributed by atoms with van der Waals surface area (Å²) in [4.78, 5) is 0.310. The lowest BCUT2D eigenvalue weighted by atomic mass is 10.1. The van der Waals surface area contributed by atoms with E-state index in [0.717, 1.165) is 31.2 Å². The second-order valence-electron chi connectivity index (χ2n) is 5.06. The molecule has 1 atom stereocenters. The summed E-state index contributed by atoms with van der Waals surface area (Å²) in [7, 11) is -3.39. The molecule has 0 saturated carbocycles. The number of hydrogen-bond donors (Lipinski definition) is 1. The number of hydrogen-bond acceptors (Lipinski definition) is 3. The van der Waals surface area contributed by atoms with E-state index in [0.29, 0.717) is 23.3 Å². The second-order valence-corrected chi connectivity index (χ2v) is 7.64. The van der Waals surface area contributed by atoms with Gasteiger partial charge in [0.05, 0.1) is 11.0 Å². The molecule has 0 bridgehead atoms. The highest BCUT2D eigenvalue weighted by atomic mass is 79.9. The molecular weight excluding hydrogens is 342 g/mol. The van der Waals surface area contributed by atoms with Gasteiger partial charge in [-0.15, -0.1) is 0 Å². The van der Waals surface area contributed by atoms with Gasteiger partial charge >= 0.3 is 0 Å². The molecule has 1 fully saturated rings. The predicted octanol–water partition coefficient (Wildman–Crippen LogP) is 2.68. The topological polar surface area (TPSA) is 57.6 Å². The van der Waals surface area contributed by atoms with Crippen molar-refractivity contribution >= 4 is 26.0 Å². The van der Waals surface area contributed by atoms with Crippen LogP contribution in [0.4, 0.5) is 0 Å². The summed E-state index contributed by atoms with van der Waals surface area (Å²) in [5, 5.41) is 10.1. The van der Waals surface area contributed by atoms with Gasteiger partial charge in [0.1, 0.15) is 0 Å².